The van der Waals surface area contributed by atoms with E-state index in [1.807, 2.05) is 9.80 Å². The van der Waals surface area contributed by atoms with E-state index in [-0.39, 0.29) is 11.8 Å². The fraction of sp³-hybridized carbons (Fsp3) is 0.923. The molecule has 1 aliphatic rings. The summed E-state index contributed by atoms with van der Waals surface area (Å²) in [5.74, 6) is 0.566. The summed E-state index contributed by atoms with van der Waals surface area (Å²) in [6.45, 7) is 2.86. The summed E-state index contributed by atoms with van der Waals surface area (Å²) in [6.07, 6.45) is 21.4. The van der Waals surface area contributed by atoms with Crippen LogP contribution in [0.5, 0.6) is 0 Å². The molecule has 0 unspecified atom stereocenters. The third kappa shape index (κ3) is 15.7. The van der Waals surface area contributed by atoms with Gasteiger partial charge in [-0.2, -0.15) is 0 Å². The fourth-order valence-corrected chi connectivity index (χ4v) is 5.18. The number of carbonyl (C=O) groups excluding carboxylic acids is 2. The smallest absolute Gasteiger partial charge is 0.222 e. The largest absolute Gasteiger partial charge is 0.339 e. The molecule has 2 amide bonds. The Morgan fingerprint density at radius 1 is 0.438 bits per heavy atom. The Labute approximate surface area is 214 Å². The van der Waals surface area contributed by atoms with Crippen LogP contribution >= 0.6 is 31.9 Å². The number of unbranched alkanes of at least 4 members (excludes halogenated alkanes) is 14. The molecule has 0 saturated carbocycles. The number of nitrogens with zero attached hydrogens (tertiary/aromatic N) is 2. The maximum atomic E-state index is 12.5. The normalized spacial score (nSPS) is 14.2. The highest BCUT2D eigenvalue weighted by Crippen LogP contribution is 2.14. The molecule has 0 aromatic carbocycles. The minimum Gasteiger partial charge on any atom is -0.339 e. The lowest BCUT2D eigenvalue weighted by Crippen LogP contribution is -2.50. The monoisotopic (exact) mass is 578 g/mol. The second-order valence-corrected chi connectivity index (χ2v) is 10.9. The lowest BCUT2D eigenvalue weighted by molar-refractivity contribution is -0.139. The van der Waals surface area contributed by atoms with Gasteiger partial charge in [-0.25, -0.2) is 0 Å². The first-order valence-corrected chi connectivity index (χ1v) is 15.6. The van der Waals surface area contributed by atoms with Crippen LogP contribution in [0.25, 0.3) is 0 Å². The van der Waals surface area contributed by atoms with E-state index in [2.05, 4.69) is 31.9 Å². The summed E-state index contributed by atoms with van der Waals surface area (Å²) in [5, 5.41) is 2.24. The number of halogens is 2. The molecule has 1 rings (SSSR count). The molecule has 1 saturated heterocycles. The Bertz CT molecular complexity index is 427. The van der Waals surface area contributed by atoms with Crippen LogP contribution in [0, 0.1) is 0 Å². The van der Waals surface area contributed by atoms with Gasteiger partial charge in [0.05, 0.1) is 0 Å². The molecule has 188 valence electrons. The lowest BCUT2D eigenvalue weighted by atomic mass is 10.1. The first kappa shape index (κ1) is 29.9. The Morgan fingerprint density at radius 2 is 0.688 bits per heavy atom. The number of carbonyl (C=O) groups is 2. The van der Waals surface area contributed by atoms with Crippen molar-refractivity contribution in [1.82, 2.24) is 9.80 Å². The fourth-order valence-electron chi connectivity index (χ4n) is 4.38. The summed E-state index contributed by atoms with van der Waals surface area (Å²) in [6, 6.07) is 0. The third-order valence-corrected chi connectivity index (χ3v) is 7.66. The van der Waals surface area contributed by atoms with E-state index in [9.17, 15) is 9.59 Å². The number of piperazine rings is 1. The highest BCUT2D eigenvalue weighted by atomic mass is 79.9. The number of hydrogen-bond donors (Lipinski definition) is 0. The molecule has 0 N–H and O–H groups in total. The molecule has 6 heteroatoms. The maximum absolute atomic E-state index is 12.5. The van der Waals surface area contributed by atoms with Crippen LogP contribution < -0.4 is 0 Å². The molecule has 0 aliphatic carbocycles. The number of alkyl halides is 2. The van der Waals surface area contributed by atoms with E-state index in [1.54, 1.807) is 0 Å². The van der Waals surface area contributed by atoms with Gasteiger partial charge in [0.2, 0.25) is 11.8 Å². The van der Waals surface area contributed by atoms with Crippen LogP contribution in [-0.4, -0.2) is 58.5 Å². The molecule has 0 radical (unpaired) electrons. The van der Waals surface area contributed by atoms with Crippen molar-refractivity contribution in [2.75, 3.05) is 36.8 Å². The van der Waals surface area contributed by atoms with Gasteiger partial charge in [0.25, 0.3) is 0 Å². The first-order chi connectivity index (χ1) is 15.7. The zero-order valence-corrected chi connectivity index (χ0v) is 23.6. The average molecular weight is 580 g/mol. The van der Waals surface area contributed by atoms with E-state index in [1.165, 1.54) is 89.9 Å². The summed E-state index contributed by atoms with van der Waals surface area (Å²) in [5.41, 5.74) is 0. The molecule has 1 heterocycles. The molecule has 0 bridgehead atoms. The second kappa shape index (κ2) is 21.4. The number of amides is 2. The van der Waals surface area contributed by atoms with Crippen LogP contribution in [0.3, 0.4) is 0 Å². The van der Waals surface area contributed by atoms with Gasteiger partial charge in [0, 0.05) is 49.7 Å². The lowest BCUT2D eigenvalue weighted by Gasteiger charge is -2.35. The van der Waals surface area contributed by atoms with Gasteiger partial charge in [-0.1, -0.05) is 109 Å². The van der Waals surface area contributed by atoms with Gasteiger partial charge in [-0.3, -0.25) is 9.59 Å². The van der Waals surface area contributed by atoms with E-state index >= 15 is 0 Å². The highest BCUT2D eigenvalue weighted by molar-refractivity contribution is 9.09. The standard InChI is InChI=1S/C26H48Br2N2O2/c27-19-15-11-7-3-1-5-9-13-17-25(31)29-21-23-30(24-22-29)26(32)18-14-10-6-2-4-8-12-16-20-28/h1-24H2. The van der Waals surface area contributed by atoms with Gasteiger partial charge in [0.15, 0.2) is 0 Å². The van der Waals surface area contributed by atoms with Gasteiger partial charge in [-0.05, 0) is 25.7 Å². The molecular weight excluding hydrogens is 532 g/mol. The Balaban J connectivity index is 1.98. The molecule has 0 aromatic rings. The third-order valence-electron chi connectivity index (χ3n) is 6.53. The van der Waals surface area contributed by atoms with Crippen molar-refractivity contribution in [2.24, 2.45) is 0 Å². The summed E-state index contributed by atoms with van der Waals surface area (Å²) in [7, 11) is 0. The van der Waals surface area contributed by atoms with Crippen molar-refractivity contribution in [1.29, 1.82) is 0 Å². The van der Waals surface area contributed by atoms with Crippen LogP contribution in [-0.2, 0) is 9.59 Å². The Hall–Kier alpha value is -0.100. The topological polar surface area (TPSA) is 40.6 Å². The molecule has 0 aromatic heterocycles. The Morgan fingerprint density at radius 3 is 0.969 bits per heavy atom. The number of rotatable bonds is 20. The van der Waals surface area contributed by atoms with Crippen molar-refractivity contribution in [3.05, 3.63) is 0 Å². The van der Waals surface area contributed by atoms with E-state index in [0.29, 0.717) is 39.0 Å². The highest BCUT2D eigenvalue weighted by Gasteiger charge is 2.23. The predicted octanol–water partition coefficient (Wildman–Crippen LogP) is 7.47. The van der Waals surface area contributed by atoms with Crippen LogP contribution in [0.1, 0.15) is 116 Å². The molecule has 0 atom stereocenters. The zero-order valence-electron chi connectivity index (χ0n) is 20.4. The van der Waals surface area contributed by atoms with Gasteiger partial charge < -0.3 is 9.80 Å². The van der Waals surface area contributed by atoms with E-state index in [0.717, 1.165) is 23.5 Å². The molecule has 0 spiro atoms. The van der Waals surface area contributed by atoms with Crippen LogP contribution in [0.4, 0.5) is 0 Å². The first-order valence-electron chi connectivity index (χ1n) is 13.4. The average Bonchev–Trinajstić information content (AvgIpc) is 2.81. The zero-order chi connectivity index (χ0) is 23.3. The minimum absolute atomic E-state index is 0.283. The summed E-state index contributed by atoms with van der Waals surface area (Å²) >= 11 is 6.96. The second-order valence-electron chi connectivity index (χ2n) is 9.30. The van der Waals surface area contributed by atoms with Crippen LogP contribution in [0.15, 0.2) is 0 Å². The van der Waals surface area contributed by atoms with Crippen molar-refractivity contribution in [3.63, 3.8) is 0 Å². The van der Waals surface area contributed by atoms with Crippen molar-refractivity contribution in [3.8, 4) is 0 Å². The van der Waals surface area contributed by atoms with Crippen molar-refractivity contribution in [2.45, 2.75) is 116 Å². The Kier molecular flexibility index (Phi) is 20.0. The van der Waals surface area contributed by atoms with Crippen LogP contribution in [0.2, 0.25) is 0 Å². The van der Waals surface area contributed by atoms with Crippen molar-refractivity contribution >= 4 is 43.7 Å². The summed E-state index contributed by atoms with van der Waals surface area (Å²) < 4.78 is 0. The van der Waals surface area contributed by atoms with E-state index < -0.39 is 0 Å². The van der Waals surface area contributed by atoms with E-state index in [4.69, 9.17) is 0 Å². The van der Waals surface area contributed by atoms with Gasteiger partial charge in [-0.15, -0.1) is 0 Å². The molecule has 4 nitrogen and oxygen atoms in total. The minimum atomic E-state index is 0.283. The molecule has 1 fully saturated rings. The molecular formula is C26H48Br2N2O2. The SMILES string of the molecule is O=C(CCCCCCCCCCBr)N1CCN(C(=O)CCCCCCCCCCBr)CC1. The molecule has 32 heavy (non-hydrogen) atoms. The summed E-state index contributed by atoms with van der Waals surface area (Å²) in [4.78, 5) is 28.8. The maximum Gasteiger partial charge on any atom is 0.222 e. The number of hydrogen-bond acceptors (Lipinski definition) is 2. The van der Waals surface area contributed by atoms with Gasteiger partial charge in [0.1, 0.15) is 0 Å². The molecule has 1 aliphatic heterocycles. The quantitative estimate of drug-likeness (QED) is 0.111. The van der Waals surface area contributed by atoms with Crippen molar-refractivity contribution < 1.29 is 9.59 Å². The van der Waals surface area contributed by atoms with Gasteiger partial charge >= 0.3 is 0 Å². The predicted molar refractivity (Wildman–Crippen MR) is 144 cm³/mol.